The van der Waals surface area contributed by atoms with Gasteiger partial charge in [0.1, 0.15) is 0 Å². The normalized spacial score (nSPS) is 11.4. The van der Waals surface area contributed by atoms with Gasteiger partial charge in [-0.05, 0) is 30.7 Å². The van der Waals surface area contributed by atoms with Crippen molar-refractivity contribution in [1.29, 1.82) is 0 Å². The minimum Gasteiger partial charge on any atom is -0.325 e. The van der Waals surface area contributed by atoms with E-state index in [4.69, 9.17) is 0 Å². The maximum absolute atomic E-state index is 13.1. The van der Waals surface area contributed by atoms with Gasteiger partial charge in [0.2, 0.25) is 5.91 Å². The maximum atomic E-state index is 13.1. The van der Waals surface area contributed by atoms with Gasteiger partial charge in [-0.1, -0.05) is 30.8 Å². The Balaban J connectivity index is 1.72. The first-order valence-corrected chi connectivity index (χ1v) is 9.81. The number of nitrogens with zero attached hydrogens (tertiary/aromatic N) is 4. The topological polar surface area (TPSA) is 72.7 Å². The number of alkyl halides is 3. The number of hydrogen-bond acceptors (Lipinski definition) is 5. The summed E-state index contributed by atoms with van der Waals surface area (Å²) in [7, 11) is 0. The van der Waals surface area contributed by atoms with Crippen molar-refractivity contribution in [2.45, 2.75) is 31.2 Å². The third kappa shape index (κ3) is 5.14. The van der Waals surface area contributed by atoms with Gasteiger partial charge >= 0.3 is 6.18 Å². The predicted molar refractivity (Wildman–Crippen MR) is 104 cm³/mol. The summed E-state index contributed by atoms with van der Waals surface area (Å²) < 4.78 is 41.1. The van der Waals surface area contributed by atoms with E-state index >= 15 is 0 Å². The highest BCUT2D eigenvalue weighted by atomic mass is 32.2. The van der Waals surface area contributed by atoms with Crippen LogP contribution in [0.15, 0.2) is 53.9 Å². The van der Waals surface area contributed by atoms with Gasteiger partial charge in [-0.25, -0.2) is 0 Å². The molecule has 0 saturated carbocycles. The molecule has 0 radical (unpaired) electrons. The van der Waals surface area contributed by atoms with Crippen LogP contribution >= 0.6 is 11.8 Å². The van der Waals surface area contributed by atoms with E-state index < -0.39 is 17.6 Å². The van der Waals surface area contributed by atoms with Crippen LogP contribution in [-0.2, 0) is 17.5 Å². The highest BCUT2D eigenvalue weighted by molar-refractivity contribution is 7.99. The van der Waals surface area contributed by atoms with Crippen LogP contribution in [-0.4, -0.2) is 31.4 Å². The number of amides is 1. The first-order chi connectivity index (χ1) is 13.9. The lowest BCUT2D eigenvalue weighted by molar-refractivity contribution is -0.137. The largest absolute Gasteiger partial charge is 0.418 e. The molecule has 0 fully saturated rings. The maximum Gasteiger partial charge on any atom is 0.418 e. The van der Waals surface area contributed by atoms with Crippen LogP contribution in [0, 0.1) is 0 Å². The van der Waals surface area contributed by atoms with E-state index in [0.29, 0.717) is 17.5 Å². The lowest BCUT2D eigenvalue weighted by Gasteiger charge is -2.13. The molecule has 2 heterocycles. The van der Waals surface area contributed by atoms with E-state index in [2.05, 4.69) is 20.5 Å². The summed E-state index contributed by atoms with van der Waals surface area (Å²) >= 11 is 1.12. The van der Waals surface area contributed by atoms with E-state index in [1.165, 1.54) is 18.2 Å². The van der Waals surface area contributed by atoms with Crippen molar-refractivity contribution >= 4 is 23.4 Å². The van der Waals surface area contributed by atoms with Crippen molar-refractivity contribution in [1.82, 2.24) is 19.7 Å². The lowest BCUT2D eigenvalue weighted by Crippen LogP contribution is -2.18. The average molecular weight is 421 g/mol. The number of rotatable bonds is 7. The molecule has 1 aromatic carbocycles. The van der Waals surface area contributed by atoms with Crippen LogP contribution in [0.25, 0.3) is 11.4 Å². The molecule has 0 aliphatic rings. The number of hydrogen-bond donors (Lipinski definition) is 1. The molecule has 2 aromatic heterocycles. The van der Waals surface area contributed by atoms with Crippen molar-refractivity contribution in [2.75, 3.05) is 11.1 Å². The highest BCUT2D eigenvalue weighted by Crippen LogP contribution is 2.34. The number of para-hydroxylation sites is 1. The van der Waals surface area contributed by atoms with E-state index in [0.717, 1.165) is 29.8 Å². The molecule has 10 heteroatoms. The fraction of sp³-hybridized carbons (Fsp3) is 0.263. The molecule has 1 amide bonds. The molecule has 0 aliphatic heterocycles. The summed E-state index contributed by atoms with van der Waals surface area (Å²) in [5, 5.41) is 11.2. The van der Waals surface area contributed by atoms with Gasteiger partial charge in [-0.2, -0.15) is 13.2 Å². The average Bonchev–Trinajstić information content (AvgIpc) is 3.10. The summed E-state index contributed by atoms with van der Waals surface area (Å²) in [5.41, 5.74) is -0.304. The quantitative estimate of drug-likeness (QED) is 0.569. The lowest BCUT2D eigenvalue weighted by atomic mass is 10.1. The van der Waals surface area contributed by atoms with Crippen LogP contribution in [0.4, 0.5) is 18.9 Å². The zero-order chi connectivity index (χ0) is 20.9. The van der Waals surface area contributed by atoms with Crippen LogP contribution in [0.1, 0.15) is 18.9 Å². The molecule has 0 atom stereocenters. The summed E-state index contributed by atoms with van der Waals surface area (Å²) in [6, 6.07) is 8.50. The third-order valence-electron chi connectivity index (χ3n) is 3.94. The van der Waals surface area contributed by atoms with Crippen molar-refractivity contribution in [3.63, 3.8) is 0 Å². The Morgan fingerprint density at radius 3 is 2.55 bits per heavy atom. The number of benzene rings is 1. The first-order valence-electron chi connectivity index (χ1n) is 8.82. The van der Waals surface area contributed by atoms with E-state index in [-0.39, 0.29) is 11.4 Å². The molecule has 6 nitrogen and oxygen atoms in total. The molecule has 0 unspecified atom stereocenters. The van der Waals surface area contributed by atoms with E-state index in [9.17, 15) is 18.0 Å². The van der Waals surface area contributed by atoms with Crippen molar-refractivity contribution in [2.24, 2.45) is 0 Å². The fourth-order valence-electron chi connectivity index (χ4n) is 2.69. The number of carbonyl (C=O) groups is 1. The molecule has 0 bridgehead atoms. The summed E-state index contributed by atoms with van der Waals surface area (Å²) in [6.07, 6.45) is -0.413. The Morgan fingerprint density at radius 2 is 1.86 bits per heavy atom. The van der Waals surface area contributed by atoms with Crippen LogP contribution in [0.5, 0.6) is 0 Å². The third-order valence-corrected chi connectivity index (χ3v) is 4.91. The number of anilines is 1. The number of pyridine rings is 1. The summed E-state index contributed by atoms with van der Waals surface area (Å²) in [5.74, 6) is 0.00693. The molecule has 152 valence electrons. The van der Waals surface area contributed by atoms with Gasteiger partial charge in [0.25, 0.3) is 0 Å². The molecule has 0 spiro atoms. The number of halogens is 3. The van der Waals surface area contributed by atoms with Gasteiger partial charge in [0.15, 0.2) is 11.0 Å². The standard InChI is InChI=1S/C19H18F3N5OS/c1-2-11-27-17(13-7-9-23-10-8-13)25-26-18(27)29-12-16(28)24-15-6-4-3-5-14(15)19(20,21)22/h3-10H,2,11-12H2,1H3,(H,24,28). The molecule has 1 N–H and O–H groups in total. The summed E-state index contributed by atoms with van der Waals surface area (Å²) in [4.78, 5) is 16.2. The Bertz CT molecular complexity index is 975. The molecular weight excluding hydrogens is 403 g/mol. The minimum atomic E-state index is -4.54. The van der Waals surface area contributed by atoms with E-state index in [1.807, 2.05) is 23.6 Å². The number of aromatic nitrogens is 4. The number of carbonyl (C=O) groups excluding carboxylic acids is 1. The summed E-state index contributed by atoms with van der Waals surface area (Å²) in [6.45, 7) is 2.65. The molecule has 3 aromatic rings. The monoisotopic (exact) mass is 421 g/mol. The molecular formula is C19H18F3N5OS. The van der Waals surface area contributed by atoms with Gasteiger partial charge in [-0.15, -0.1) is 10.2 Å². The zero-order valence-corrected chi connectivity index (χ0v) is 16.3. The zero-order valence-electron chi connectivity index (χ0n) is 15.5. The first kappa shape index (κ1) is 20.8. The van der Waals surface area contributed by atoms with Gasteiger partial charge < -0.3 is 9.88 Å². The van der Waals surface area contributed by atoms with Crippen molar-refractivity contribution in [3.8, 4) is 11.4 Å². The second-order valence-electron chi connectivity index (χ2n) is 6.07. The SMILES string of the molecule is CCCn1c(SCC(=O)Nc2ccccc2C(F)(F)F)nnc1-c1ccncc1. The molecule has 3 rings (SSSR count). The van der Waals surface area contributed by atoms with Gasteiger partial charge in [0.05, 0.1) is 17.0 Å². The fourth-order valence-corrected chi connectivity index (χ4v) is 3.46. The van der Waals surface area contributed by atoms with Crippen molar-refractivity contribution in [3.05, 3.63) is 54.4 Å². The molecule has 29 heavy (non-hydrogen) atoms. The predicted octanol–water partition coefficient (Wildman–Crippen LogP) is 4.50. The Kier molecular flexibility index (Phi) is 6.53. The second kappa shape index (κ2) is 9.08. The van der Waals surface area contributed by atoms with Crippen LogP contribution < -0.4 is 5.32 Å². The highest BCUT2D eigenvalue weighted by Gasteiger charge is 2.33. The van der Waals surface area contributed by atoms with Gasteiger partial charge in [-0.3, -0.25) is 9.78 Å². The van der Waals surface area contributed by atoms with Gasteiger partial charge in [0, 0.05) is 24.5 Å². The smallest absolute Gasteiger partial charge is 0.325 e. The van der Waals surface area contributed by atoms with Crippen molar-refractivity contribution < 1.29 is 18.0 Å². The van der Waals surface area contributed by atoms with Crippen LogP contribution in [0.3, 0.4) is 0 Å². The minimum absolute atomic E-state index is 0.0929. The molecule has 0 aliphatic carbocycles. The molecule has 0 saturated heterocycles. The Hall–Kier alpha value is -2.88. The Labute approximate surface area is 169 Å². The number of thioether (sulfide) groups is 1. The Morgan fingerprint density at radius 1 is 1.14 bits per heavy atom. The van der Waals surface area contributed by atoms with E-state index in [1.54, 1.807) is 12.4 Å². The number of nitrogens with one attached hydrogen (secondary N) is 1. The van der Waals surface area contributed by atoms with Crippen LogP contribution in [0.2, 0.25) is 0 Å². The second-order valence-corrected chi connectivity index (χ2v) is 7.02.